The van der Waals surface area contributed by atoms with Gasteiger partial charge in [-0.15, -0.1) is 0 Å². The SMILES string of the molecule is O=S(=O)(O)CCN1CCCc2ccccc21. The van der Waals surface area contributed by atoms with E-state index in [9.17, 15) is 8.42 Å². The Morgan fingerprint density at radius 3 is 2.81 bits per heavy atom. The second-order valence-corrected chi connectivity index (χ2v) is 5.58. The highest BCUT2D eigenvalue weighted by molar-refractivity contribution is 7.85. The van der Waals surface area contributed by atoms with Crippen LogP contribution in [0.15, 0.2) is 24.3 Å². The van der Waals surface area contributed by atoms with E-state index in [1.54, 1.807) is 0 Å². The van der Waals surface area contributed by atoms with Gasteiger partial charge in [-0.05, 0) is 24.5 Å². The summed E-state index contributed by atoms with van der Waals surface area (Å²) in [4.78, 5) is 2.02. The molecule has 1 heterocycles. The lowest BCUT2D eigenvalue weighted by Crippen LogP contribution is -2.33. The zero-order valence-electron chi connectivity index (χ0n) is 8.96. The molecule has 0 fully saturated rings. The predicted molar refractivity (Wildman–Crippen MR) is 63.4 cm³/mol. The van der Waals surface area contributed by atoms with Crippen LogP contribution in [0.2, 0.25) is 0 Å². The third-order valence-electron chi connectivity index (χ3n) is 2.83. The van der Waals surface area contributed by atoms with Crippen molar-refractivity contribution in [1.29, 1.82) is 0 Å². The largest absolute Gasteiger partial charge is 0.370 e. The van der Waals surface area contributed by atoms with Gasteiger partial charge in [-0.25, -0.2) is 0 Å². The number of hydrogen-bond donors (Lipinski definition) is 1. The highest BCUT2D eigenvalue weighted by atomic mass is 32.2. The predicted octanol–water partition coefficient (Wildman–Crippen LogP) is 1.33. The fraction of sp³-hybridized carbons (Fsp3) is 0.455. The van der Waals surface area contributed by atoms with Gasteiger partial charge in [0.25, 0.3) is 10.1 Å². The zero-order valence-corrected chi connectivity index (χ0v) is 9.78. The van der Waals surface area contributed by atoms with Crippen LogP contribution >= 0.6 is 0 Å². The van der Waals surface area contributed by atoms with Crippen molar-refractivity contribution in [3.63, 3.8) is 0 Å². The molecule has 0 amide bonds. The first-order valence-electron chi connectivity index (χ1n) is 5.34. The lowest BCUT2D eigenvalue weighted by Gasteiger charge is -2.30. The van der Waals surface area contributed by atoms with Crippen LogP contribution in [0.4, 0.5) is 5.69 Å². The minimum Gasteiger partial charge on any atom is -0.370 e. The van der Waals surface area contributed by atoms with Gasteiger partial charge in [-0.1, -0.05) is 18.2 Å². The first kappa shape index (κ1) is 11.4. The molecule has 0 aromatic heterocycles. The molecule has 1 aromatic carbocycles. The lowest BCUT2D eigenvalue weighted by atomic mass is 10.0. The molecule has 1 aliphatic heterocycles. The van der Waals surface area contributed by atoms with Gasteiger partial charge in [0, 0.05) is 18.8 Å². The Balaban J connectivity index is 2.13. The maximum absolute atomic E-state index is 10.7. The van der Waals surface area contributed by atoms with Crippen LogP contribution in [0.1, 0.15) is 12.0 Å². The molecule has 0 atom stereocenters. The van der Waals surface area contributed by atoms with Gasteiger partial charge in [0.15, 0.2) is 0 Å². The first-order valence-corrected chi connectivity index (χ1v) is 6.95. The molecule has 0 unspecified atom stereocenters. The molecule has 1 aliphatic rings. The Morgan fingerprint density at radius 2 is 2.06 bits per heavy atom. The highest BCUT2D eigenvalue weighted by Gasteiger charge is 2.17. The molecular weight excluding hydrogens is 226 g/mol. The number of para-hydroxylation sites is 1. The maximum atomic E-state index is 10.7. The normalized spacial score (nSPS) is 15.9. The maximum Gasteiger partial charge on any atom is 0.266 e. The van der Waals surface area contributed by atoms with Gasteiger partial charge in [0.2, 0.25) is 0 Å². The van der Waals surface area contributed by atoms with E-state index < -0.39 is 10.1 Å². The molecule has 5 heteroatoms. The Hall–Kier alpha value is -1.07. The minimum absolute atomic E-state index is 0.207. The molecule has 0 spiro atoms. The second-order valence-electron chi connectivity index (χ2n) is 4.01. The van der Waals surface area contributed by atoms with Crippen LogP contribution in [-0.2, 0) is 16.5 Å². The van der Waals surface area contributed by atoms with E-state index in [4.69, 9.17) is 4.55 Å². The second kappa shape index (κ2) is 4.43. The minimum atomic E-state index is -3.87. The Morgan fingerprint density at radius 1 is 1.31 bits per heavy atom. The molecular formula is C11H15NO3S. The Bertz CT molecular complexity index is 470. The van der Waals surface area contributed by atoms with Crippen molar-refractivity contribution in [2.75, 3.05) is 23.7 Å². The number of hydrogen-bond acceptors (Lipinski definition) is 3. The smallest absolute Gasteiger partial charge is 0.266 e. The molecule has 0 bridgehead atoms. The van der Waals surface area contributed by atoms with E-state index in [0.29, 0.717) is 6.54 Å². The molecule has 88 valence electrons. The summed E-state index contributed by atoms with van der Waals surface area (Å²) in [6.07, 6.45) is 2.07. The van der Waals surface area contributed by atoms with Crippen molar-refractivity contribution in [2.24, 2.45) is 0 Å². The molecule has 0 saturated heterocycles. The monoisotopic (exact) mass is 241 g/mol. The molecule has 0 saturated carbocycles. The summed E-state index contributed by atoms with van der Waals surface area (Å²) in [5.74, 6) is -0.207. The average molecular weight is 241 g/mol. The Labute approximate surface area is 95.6 Å². The van der Waals surface area contributed by atoms with E-state index in [2.05, 4.69) is 6.07 Å². The number of anilines is 1. The third kappa shape index (κ3) is 2.74. The van der Waals surface area contributed by atoms with E-state index in [0.717, 1.165) is 25.1 Å². The van der Waals surface area contributed by atoms with Crippen molar-refractivity contribution in [2.45, 2.75) is 12.8 Å². The fourth-order valence-electron chi connectivity index (χ4n) is 2.07. The summed E-state index contributed by atoms with van der Waals surface area (Å²) < 4.78 is 30.2. The van der Waals surface area contributed by atoms with Crippen molar-refractivity contribution in [1.82, 2.24) is 0 Å². The van der Waals surface area contributed by atoms with E-state index in [1.165, 1.54) is 5.56 Å². The van der Waals surface area contributed by atoms with E-state index >= 15 is 0 Å². The number of fused-ring (bicyclic) bond motifs is 1. The van der Waals surface area contributed by atoms with Gasteiger partial charge in [-0.3, -0.25) is 4.55 Å². The van der Waals surface area contributed by atoms with Crippen LogP contribution in [0, 0.1) is 0 Å². The molecule has 2 rings (SSSR count). The molecule has 4 nitrogen and oxygen atoms in total. The topological polar surface area (TPSA) is 57.6 Å². The van der Waals surface area contributed by atoms with E-state index in [-0.39, 0.29) is 5.75 Å². The van der Waals surface area contributed by atoms with Gasteiger partial charge in [0.1, 0.15) is 0 Å². The molecule has 0 radical (unpaired) electrons. The van der Waals surface area contributed by atoms with Crippen molar-refractivity contribution < 1.29 is 13.0 Å². The number of nitrogens with zero attached hydrogens (tertiary/aromatic N) is 1. The van der Waals surface area contributed by atoms with Crippen molar-refractivity contribution in [3.05, 3.63) is 29.8 Å². The molecule has 0 aliphatic carbocycles. The van der Waals surface area contributed by atoms with Crippen LogP contribution in [0.25, 0.3) is 0 Å². The van der Waals surface area contributed by atoms with Gasteiger partial charge in [-0.2, -0.15) is 8.42 Å². The van der Waals surface area contributed by atoms with Crippen LogP contribution < -0.4 is 4.90 Å². The van der Waals surface area contributed by atoms with E-state index in [1.807, 2.05) is 23.1 Å². The van der Waals surface area contributed by atoms with Crippen molar-refractivity contribution >= 4 is 15.8 Å². The third-order valence-corrected chi connectivity index (χ3v) is 3.52. The summed E-state index contributed by atoms with van der Waals surface area (Å²) in [5, 5.41) is 0. The summed E-state index contributed by atoms with van der Waals surface area (Å²) >= 11 is 0. The van der Waals surface area contributed by atoms with Crippen molar-refractivity contribution in [3.8, 4) is 0 Å². The first-order chi connectivity index (χ1) is 7.56. The fourth-order valence-corrected chi connectivity index (χ4v) is 2.52. The van der Waals surface area contributed by atoms with Gasteiger partial charge >= 0.3 is 0 Å². The quantitative estimate of drug-likeness (QED) is 0.811. The van der Waals surface area contributed by atoms with Crippen LogP contribution in [-0.4, -0.2) is 31.8 Å². The average Bonchev–Trinajstić information content (AvgIpc) is 2.25. The van der Waals surface area contributed by atoms with Crippen LogP contribution in [0.5, 0.6) is 0 Å². The highest BCUT2D eigenvalue weighted by Crippen LogP contribution is 2.26. The lowest BCUT2D eigenvalue weighted by molar-refractivity contribution is 0.482. The number of benzene rings is 1. The standard InChI is InChI=1S/C11H15NO3S/c13-16(14,15)9-8-12-7-3-5-10-4-1-2-6-11(10)12/h1-2,4,6H,3,5,7-9H2,(H,13,14,15). The molecule has 1 aromatic rings. The number of rotatable bonds is 3. The Kier molecular flexibility index (Phi) is 3.16. The number of aryl methyl sites for hydroxylation is 1. The summed E-state index contributed by atoms with van der Waals surface area (Å²) in [6, 6.07) is 8.00. The van der Waals surface area contributed by atoms with Gasteiger partial charge < -0.3 is 4.90 Å². The zero-order chi connectivity index (χ0) is 11.6. The van der Waals surface area contributed by atoms with Gasteiger partial charge in [0.05, 0.1) is 5.75 Å². The summed E-state index contributed by atoms with van der Waals surface area (Å²) in [6.45, 7) is 1.21. The summed E-state index contributed by atoms with van der Waals surface area (Å²) in [7, 11) is -3.87. The summed E-state index contributed by atoms with van der Waals surface area (Å²) in [5.41, 5.74) is 2.35. The van der Waals surface area contributed by atoms with Crippen LogP contribution in [0.3, 0.4) is 0 Å². The molecule has 1 N–H and O–H groups in total. The molecule has 16 heavy (non-hydrogen) atoms.